The van der Waals surface area contributed by atoms with E-state index in [4.69, 9.17) is 4.74 Å². The summed E-state index contributed by atoms with van der Waals surface area (Å²) in [7, 11) is 2.00. The number of nitrogens with zero attached hydrogens (tertiary/aromatic N) is 1. The first-order valence-corrected chi connectivity index (χ1v) is 8.52. The quantitative estimate of drug-likeness (QED) is 0.919. The molecule has 1 N–H and O–H groups in total. The Morgan fingerprint density at radius 3 is 2.65 bits per heavy atom. The Balaban J connectivity index is 2.10. The van der Waals surface area contributed by atoms with Gasteiger partial charge in [-0.05, 0) is 64.6 Å². The minimum atomic E-state index is -0.442. The number of hydrogen-bond acceptors (Lipinski definition) is 3. The zero-order chi connectivity index (χ0) is 17.0. The molecule has 0 aromatic heterocycles. The van der Waals surface area contributed by atoms with Gasteiger partial charge in [0.15, 0.2) is 0 Å². The highest BCUT2D eigenvalue weighted by Gasteiger charge is 2.32. The summed E-state index contributed by atoms with van der Waals surface area (Å²) in [5.41, 5.74) is 2.18. The molecule has 4 heteroatoms. The number of carbonyl (C=O) groups excluding carboxylic acids is 1. The summed E-state index contributed by atoms with van der Waals surface area (Å²) in [5, 5.41) is 3.46. The molecule has 23 heavy (non-hydrogen) atoms. The zero-order valence-corrected chi connectivity index (χ0v) is 15.1. The second-order valence-corrected chi connectivity index (χ2v) is 7.45. The molecular weight excluding hydrogens is 288 g/mol. The van der Waals surface area contributed by atoms with Gasteiger partial charge in [0, 0.05) is 19.1 Å². The third kappa shape index (κ3) is 4.71. The maximum Gasteiger partial charge on any atom is 0.410 e. The van der Waals surface area contributed by atoms with E-state index in [0.29, 0.717) is 5.92 Å². The summed E-state index contributed by atoms with van der Waals surface area (Å²) < 4.78 is 5.53. The van der Waals surface area contributed by atoms with E-state index < -0.39 is 5.60 Å². The molecule has 1 amide bonds. The van der Waals surface area contributed by atoms with Crippen molar-refractivity contribution in [2.45, 2.75) is 52.2 Å². The molecule has 0 saturated carbocycles. The van der Waals surface area contributed by atoms with Crippen LogP contribution < -0.4 is 5.32 Å². The normalized spacial score (nSPS) is 20.2. The van der Waals surface area contributed by atoms with Gasteiger partial charge in [-0.1, -0.05) is 24.3 Å². The minimum Gasteiger partial charge on any atom is -0.444 e. The van der Waals surface area contributed by atoms with Crippen molar-refractivity contribution < 1.29 is 9.53 Å². The van der Waals surface area contributed by atoms with Gasteiger partial charge >= 0.3 is 6.09 Å². The molecule has 1 aliphatic rings. The van der Waals surface area contributed by atoms with E-state index in [-0.39, 0.29) is 12.1 Å². The van der Waals surface area contributed by atoms with Gasteiger partial charge in [-0.15, -0.1) is 0 Å². The molecule has 0 radical (unpaired) electrons. The van der Waals surface area contributed by atoms with Gasteiger partial charge < -0.3 is 15.0 Å². The Hall–Kier alpha value is -1.55. The smallest absolute Gasteiger partial charge is 0.410 e. The molecular formula is C19H30N2O2. The molecule has 128 valence electrons. The van der Waals surface area contributed by atoms with Gasteiger partial charge in [0.25, 0.3) is 0 Å². The van der Waals surface area contributed by atoms with Crippen LogP contribution in [0.4, 0.5) is 4.79 Å². The number of nitrogens with one attached hydrogen (secondary N) is 1. The van der Waals surface area contributed by atoms with Crippen molar-refractivity contribution in [3.05, 3.63) is 35.4 Å². The zero-order valence-electron chi connectivity index (χ0n) is 15.1. The number of benzene rings is 1. The van der Waals surface area contributed by atoms with Crippen LogP contribution in [0.15, 0.2) is 24.3 Å². The molecule has 2 atom stereocenters. The predicted octanol–water partition coefficient (Wildman–Crippen LogP) is 3.90. The number of rotatable bonds is 3. The van der Waals surface area contributed by atoms with E-state index >= 15 is 0 Å². The molecule has 2 rings (SSSR count). The SMILES string of the molecule is CNC(c1ccccc1C)C1CCCN(C(=O)OC(C)(C)C)C1. The topological polar surface area (TPSA) is 41.6 Å². The highest BCUT2D eigenvalue weighted by Crippen LogP contribution is 2.31. The molecule has 0 bridgehead atoms. The molecule has 0 aliphatic carbocycles. The fourth-order valence-corrected chi connectivity index (χ4v) is 3.36. The third-order valence-corrected chi connectivity index (χ3v) is 4.42. The summed E-state index contributed by atoms with van der Waals surface area (Å²) in [4.78, 5) is 14.2. The van der Waals surface area contributed by atoms with E-state index in [1.807, 2.05) is 32.7 Å². The summed E-state index contributed by atoms with van der Waals surface area (Å²) in [6.45, 7) is 9.42. The lowest BCUT2D eigenvalue weighted by molar-refractivity contribution is 0.0145. The number of ether oxygens (including phenoxy) is 1. The van der Waals surface area contributed by atoms with Gasteiger partial charge in [-0.2, -0.15) is 0 Å². The Kier molecular flexibility index (Phi) is 5.69. The van der Waals surface area contributed by atoms with Crippen LogP contribution in [0.2, 0.25) is 0 Å². The first-order chi connectivity index (χ1) is 10.8. The van der Waals surface area contributed by atoms with E-state index in [9.17, 15) is 4.79 Å². The highest BCUT2D eigenvalue weighted by molar-refractivity contribution is 5.68. The number of amides is 1. The largest absolute Gasteiger partial charge is 0.444 e. The average Bonchev–Trinajstić information content (AvgIpc) is 2.48. The number of likely N-dealkylation sites (tertiary alicyclic amines) is 1. The van der Waals surface area contributed by atoms with Gasteiger partial charge in [-0.25, -0.2) is 4.79 Å². The van der Waals surface area contributed by atoms with Crippen molar-refractivity contribution in [2.24, 2.45) is 5.92 Å². The average molecular weight is 318 g/mol. The van der Waals surface area contributed by atoms with Crippen LogP contribution in [0.5, 0.6) is 0 Å². The number of aryl methyl sites for hydroxylation is 1. The first-order valence-electron chi connectivity index (χ1n) is 8.52. The van der Waals surface area contributed by atoms with Crippen molar-refractivity contribution in [3.63, 3.8) is 0 Å². The van der Waals surface area contributed by atoms with Crippen molar-refractivity contribution in [3.8, 4) is 0 Å². The lowest BCUT2D eigenvalue weighted by Gasteiger charge is -2.38. The molecule has 1 aromatic carbocycles. The third-order valence-electron chi connectivity index (χ3n) is 4.42. The Labute approximate surface area is 140 Å². The fraction of sp³-hybridized carbons (Fsp3) is 0.632. The number of carbonyl (C=O) groups is 1. The molecule has 1 fully saturated rings. The second-order valence-electron chi connectivity index (χ2n) is 7.45. The second kappa shape index (κ2) is 7.35. The monoisotopic (exact) mass is 318 g/mol. The maximum atomic E-state index is 12.4. The van der Waals surface area contributed by atoms with Crippen LogP contribution in [0.25, 0.3) is 0 Å². The van der Waals surface area contributed by atoms with Crippen molar-refractivity contribution in [1.29, 1.82) is 0 Å². The Morgan fingerprint density at radius 1 is 1.35 bits per heavy atom. The van der Waals surface area contributed by atoms with Gasteiger partial charge in [0.1, 0.15) is 5.60 Å². The Bertz CT molecular complexity index is 536. The molecule has 1 aliphatic heterocycles. The van der Waals surface area contributed by atoms with E-state index in [1.165, 1.54) is 11.1 Å². The van der Waals surface area contributed by atoms with Gasteiger partial charge in [0.2, 0.25) is 0 Å². The molecule has 1 heterocycles. The van der Waals surface area contributed by atoms with Crippen LogP contribution in [-0.4, -0.2) is 36.7 Å². The molecule has 1 saturated heterocycles. The van der Waals surface area contributed by atoms with Gasteiger partial charge in [0.05, 0.1) is 0 Å². The van der Waals surface area contributed by atoms with Crippen LogP contribution in [0.1, 0.15) is 50.8 Å². The summed E-state index contributed by atoms with van der Waals surface area (Å²) >= 11 is 0. The molecule has 1 aromatic rings. The van der Waals surface area contributed by atoms with Crippen LogP contribution in [0.3, 0.4) is 0 Å². The fourth-order valence-electron chi connectivity index (χ4n) is 3.36. The van der Waals surface area contributed by atoms with Crippen LogP contribution in [0, 0.1) is 12.8 Å². The molecule has 0 spiro atoms. The van der Waals surface area contributed by atoms with E-state index in [0.717, 1.165) is 25.9 Å². The molecule has 4 nitrogen and oxygen atoms in total. The summed E-state index contributed by atoms with van der Waals surface area (Å²) in [6, 6.07) is 8.75. The highest BCUT2D eigenvalue weighted by atomic mass is 16.6. The van der Waals surface area contributed by atoms with Crippen molar-refractivity contribution in [2.75, 3.05) is 20.1 Å². The minimum absolute atomic E-state index is 0.193. The number of hydrogen-bond donors (Lipinski definition) is 1. The predicted molar refractivity (Wildman–Crippen MR) is 93.5 cm³/mol. The van der Waals surface area contributed by atoms with E-state index in [2.05, 4.69) is 36.5 Å². The van der Waals surface area contributed by atoms with Crippen molar-refractivity contribution in [1.82, 2.24) is 10.2 Å². The number of piperidine rings is 1. The lowest BCUT2D eigenvalue weighted by atomic mass is 9.85. The van der Waals surface area contributed by atoms with Crippen LogP contribution >= 0.6 is 0 Å². The Morgan fingerprint density at radius 2 is 2.04 bits per heavy atom. The molecule has 2 unspecified atom stereocenters. The summed E-state index contributed by atoms with van der Waals surface area (Å²) in [6.07, 6.45) is 1.95. The van der Waals surface area contributed by atoms with Crippen LogP contribution in [-0.2, 0) is 4.74 Å². The summed E-state index contributed by atoms with van der Waals surface area (Å²) in [5.74, 6) is 0.405. The van der Waals surface area contributed by atoms with Crippen molar-refractivity contribution >= 4 is 6.09 Å². The first kappa shape index (κ1) is 17.8. The van der Waals surface area contributed by atoms with E-state index in [1.54, 1.807) is 0 Å². The maximum absolute atomic E-state index is 12.4. The standard InChI is InChI=1S/C19H30N2O2/c1-14-9-6-7-11-16(14)17(20-5)15-10-8-12-21(13-15)18(22)23-19(2,3)4/h6-7,9,11,15,17,20H,8,10,12-13H2,1-5H3. The van der Waals surface area contributed by atoms with Gasteiger partial charge in [-0.3, -0.25) is 0 Å². The lowest BCUT2D eigenvalue weighted by Crippen LogP contribution is -2.45.